The minimum absolute atomic E-state index is 0.123. The van der Waals surface area contributed by atoms with Gasteiger partial charge in [0, 0.05) is 5.38 Å². The largest absolute Gasteiger partial charge is 0.464 e. The molecule has 0 aliphatic rings. The lowest BCUT2D eigenvalue weighted by Gasteiger charge is -2.02. The maximum atomic E-state index is 11.4. The fourth-order valence-corrected chi connectivity index (χ4v) is 2.34. The molecule has 2 aromatic rings. The van der Waals surface area contributed by atoms with E-state index in [9.17, 15) is 4.79 Å². The number of anilines is 1. The lowest BCUT2D eigenvalue weighted by molar-refractivity contribution is 0.0596. The van der Waals surface area contributed by atoms with Gasteiger partial charge < -0.3 is 10.5 Å². The van der Waals surface area contributed by atoms with Crippen LogP contribution in [0.4, 0.5) is 5.82 Å². The van der Waals surface area contributed by atoms with Crippen molar-refractivity contribution in [2.75, 3.05) is 12.8 Å². The molecule has 0 fully saturated rings. The normalized spacial score (nSPS) is 10.5. The number of thiazole rings is 1. The molecule has 0 aromatic carbocycles. The minimum Gasteiger partial charge on any atom is -0.464 e. The van der Waals surface area contributed by atoms with Crippen molar-refractivity contribution in [2.45, 2.75) is 13.8 Å². The average molecular weight is 252 g/mol. The van der Waals surface area contributed by atoms with Crippen molar-refractivity contribution in [3.8, 4) is 5.13 Å². The van der Waals surface area contributed by atoms with Gasteiger partial charge in [-0.3, -0.25) is 4.57 Å². The first-order valence-electron chi connectivity index (χ1n) is 4.90. The van der Waals surface area contributed by atoms with Gasteiger partial charge in [0.25, 0.3) is 0 Å². The number of aromatic nitrogens is 3. The van der Waals surface area contributed by atoms with E-state index >= 15 is 0 Å². The number of esters is 1. The number of rotatable bonds is 2. The Labute approximate surface area is 102 Å². The molecule has 17 heavy (non-hydrogen) atoms. The van der Waals surface area contributed by atoms with Crippen molar-refractivity contribution in [2.24, 2.45) is 0 Å². The number of imidazole rings is 1. The standard InChI is InChI=1S/C10H12N4O2S/c1-5-4-17-10(12-5)14-6(2)13-7(8(14)11)9(15)16-3/h4H,11H2,1-3H3. The topological polar surface area (TPSA) is 83.0 Å². The smallest absolute Gasteiger partial charge is 0.360 e. The molecule has 2 heterocycles. The number of nitrogens with two attached hydrogens (primary N) is 1. The molecule has 0 unspecified atom stereocenters. The first-order valence-corrected chi connectivity index (χ1v) is 5.78. The molecule has 0 saturated carbocycles. The Morgan fingerprint density at radius 3 is 2.71 bits per heavy atom. The monoisotopic (exact) mass is 252 g/mol. The third-order valence-corrected chi connectivity index (χ3v) is 3.20. The fourth-order valence-electron chi connectivity index (χ4n) is 1.48. The van der Waals surface area contributed by atoms with Gasteiger partial charge in [0.05, 0.1) is 12.8 Å². The van der Waals surface area contributed by atoms with Gasteiger partial charge in [-0.2, -0.15) is 0 Å². The van der Waals surface area contributed by atoms with Crippen molar-refractivity contribution in [3.63, 3.8) is 0 Å². The van der Waals surface area contributed by atoms with Crippen LogP contribution in [-0.4, -0.2) is 27.6 Å². The molecular weight excluding hydrogens is 240 g/mol. The van der Waals surface area contributed by atoms with E-state index in [1.54, 1.807) is 11.5 Å². The summed E-state index contributed by atoms with van der Waals surface area (Å²) in [6.45, 7) is 3.66. The Hall–Kier alpha value is -1.89. The molecule has 7 heteroatoms. The van der Waals surface area contributed by atoms with Crippen molar-refractivity contribution in [1.82, 2.24) is 14.5 Å². The van der Waals surface area contributed by atoms with Crippen LogP contribution < -0.4 is 5.73 Å². The molecule has 0 amide bonds. The summed E-state index contributed by atoms with van der Waals surface area (Å²) in [5, 5.41) is 2.60. The third kappa shape index (κ3) is 1.89. The van der Waals surface area contributed by atoms with Crippen LogP contribution in [0.25, 0.3) is 5.13 Å². The zero-order chi connectivity index (χ0) is 12.6. The molecule has 6 nitrogen and oxygen atoms in total. The molecule has 2 N–H and O–H groups in total. The highest BCUT2D eigenvalue weighted by molar-refractivity contribution is 7.12. The van der Waals surface area contributed by atoms with E-state index in [0.29, 0.717) is 11.0 Å². The number of methoxy groups -OCH3 is 1. The molecule has 0 saturated heterocycles. The van der Waals surface area contributed by atoms with E-state index in [-0.39, 0.29) is 11.5 Å². The van der Waals surface area contributed by atoms with Crippen LogP contribution in [0, 0.1) is 13.8 Å². The zero-order valence-electron chi connectivity index (χ0n) is 9.72. The summed E-state index contributed by atoms with van der Waals surface area (Å²) in [6.07, 6.45) is 0. The van der Waals surface area contributed by atoms with Crippen LogP contribution in [0.5, 0.6) is 0 Å². The summed E-state index contributed by atoms with van der Waals surface area (Å²) in [7, 11) is 1.30. The number of ether oxygens (including phenoxy) is 1. The Morgan fingerprint density at radius 1 is 1.47 bits per heavy atom. The Balaban J connectivity index is 2.56. The average Bonchev–Trinajstić information content (AvgIpc) is 2.82. The summed E-state index contributed by atoms with van der Waals surface area (Å²) < 4.78 is 6.26. The Morgan fingerprint density at radius 2 is 2.18 bits per heavy atom. The minimum atomic E-state index is -0.544. The number of hydrogen-bond donors (Lipinski definition) is 1. The maximum Gasteiger partial charge on any atom is 0.360 e. The highest BCUT2D eigenvalue weighted by Gasteiger charge is 2.21. The molecule has 0 radical (unpaired) electrons. The molecule has 0 atom stereocenters. The molecule has 0 aliphatic heterocycles. The van der Waals surface area contributed by atoms with E-state index in [0.717, 1.165) is 5.69 Å². The van der Waals surface area contributed by atoms with Crippen LogP contribution in [0.2, 0.25) is 0 Å². The lowest BCUT2D eigenvalue weighted by Crippen LogP contribution is -2.07. The molecule has 0 spiro atoms. The van der Waals surface area contributed by atoms with E-state index in [1.807, 2.05) is 12.3 Å². The van der Waals surface area contributed by atoms with Gasteiger partial charge >= 0.3 is 5.97 Å². The lowest BCUT2D eigenvalue weighted by atomic mass is 10.4. The summed E-state index contributed by atoms with van der Waals surface area (Å²) in [4.78, 5) is 19.8. The zero-order valence-corrected chi connectivity index (χ0v) is 10.5. The van der Waals surface area contributed by atoms with Gasteiger partial charge in [-0.1, -0.05) is 0 Å². The number of nitrogens with zero attached hydrogens (tertiary/aromatic N) is 3. The Bertz CT molecular complexity index is 573. The van der Waals surface area contributed by atoms with Gasteiger partial charge in [0.1, 0.15) is 11.6 Å². The maximum absolute atomic E-state index is 11.4. The van der Waals surface area contributed by atoms with E-state index in [4.69, 9.17) is 5.73 Å². The van der Waals surface area contributed by atoms with Crippen molar-refractivity contribution in [3.05, 3.63) is 22.6 Å². The van der Waals surface area contributed by atoms with Crippen LogP contribution in [-0.2, 0) is 4.74 Å². The summed E-state index contributed by atoms with van der Waals surface area (Å²) in [5.41, 5.74) is 6.91. The number of hydrogen-bond acceptors (Lipinski definition) is 6. The molecule has 90 valence electrons. The summed E-state index contributed by atoms with van der Waals surface area (Å²) >= 11 is 1.44. The first kappa shape index (κ1) is 11.6. The number of carbonyl (C=O) groups excluding carboxylic acids is 1. The molecule has 2 aromatic heterocycles. The highest BCUT2D eigenvalue weighted by atomic mass is 32.1. The van der Waals surface area contributed by atoms with Crippen LogP contribution >= 0.6 is 11.3 Å². The first-order chi connectivity index (χ1) is 8.04. The molecule has 0 bridgehead atoms. The van der Waals surface area contributed by atoms with Crippen molar-refractivity contribution in [1.29, 1.82) is 0 Å². The number of nitrogen functional groups attached to an aromatic ring is 1. The Kier molecular flexibility index (Phi) is 2.84. The number of aryl methyl sites for hydroxylation is 2. The van der Waals surface area contributed by atoms with Gasteiger partial charge in [-0.15, -0.1) is 11.3 Å². The predicted molar refractivity (Wildman–Crippen MR) is 64.5 cm³/mol. The second-order valence-corrected chi connectivity index (χ2v) is 4.33. The van der Waals surface area contributed by atoms with E-state index in [2.05, 4.69) is 14.7 Å². The quantitative estimate of drug-likeness (QED) is 0.815. The summed E-state index contributed by atoms with van der Waals surface area (Å²) in [6, 6.07) is 0. The van der Waals surface area contributed by atoms with Crippen LogP contribution in [0.1, 0.15) is 22.0 Å². The second-order valence-electron chi connectivity index (χ2n) is 3.49. The van der Waals surface area contributed by atoms with Crippen molar-refractivity contribution >= 4 is 23.1 Å². The molecule has 0 aliphatic carbocycles. The molecular formula is C10H12N4O2S. The molecule has 2 rings (SSSR count). The SMILES string of the molecule is COC(=O)c1nc(C)n(-c2nc(C)cs2)c1N. The van der Waals surface area contributed by atoms with Crippen LogP contribution in [0.3, 0.4) is 0 Å². The highest BCUT2D eigenvalue weighted by Crippen LogP contribution is 2.23. The van der Waals surface area contributed by atoms with Crippen LogP contribution in [0.15, 0.2) is 5.38 Å². The van der Waals surface area contributed by atoms with Gasteiger partial charge in [0.15, 0.2) is 10.8 Å². The van der Waals surface area contributed by atoms with Gasteiger partial charge in [0.2, 0.25) is 0 Å². The number of carbonyl (C=O) groups is 1. The van der Waals surface area contributed by atoms with E-state index in [1.165, 1.54) is 18.4 Å². The second kappa shape index (κ2) is 4.17. The summed E-state index contributed by atoms with van der Waals surface area (Å²) in [5.74, 6) is 0.318. The van der Waals surface area contributed by atoms with Crippen molar-refractivity contribution < 1.29 is 9.53 Å². The fraction of sp³-hybridized carbons (Fsp3) is 0.300. The van der Waals surface area contributed by atoms with Gasteiger partial charge in [-0.05, 0) is 13.8 Å². The van der Waals surface area contributed by atoms with E-state index < -0.39 is 5.97 Å². The van der Waals surface area contributed by atoms with Gasteiger partial charge in [-0.25, -0.2) is 14.8 Å². The third-order valence-electron chi connectivity index (χ3n) is 2.26. The predicted octanol–water partition coefficient (Wildman–Crippen LogP) is 1.31.